The zero-order valence-corrected chi connectivity index (χ0v) is 19.0. The minimum atomic E-state index is -0.0113. The highest BCUT2D eigenvalue weighted by atomic mass is 79.9. The van der Waals surface area contributed by atoms with Crippen LogP contribution in [0.4, 0.5) is 0 Å². The van der Waals surface area contributed by atoms with Crippen LogP contribution in [0.1, 0.15) is 41.6 Å². The number of carbonyl (C=O) groups excluding carboxylic acids is 2. The summed E-state index contributed by atoms with van der Waals surface area (Å²) < 4.78 is 6.66. The van der Waals surface area contributed by atoms with E-state index in [-0.39, 0.29) is 17.7 Å². The highest BCUT2D eigenvalue weighted by Gasteiger charge is 2.27. The van der Waals surface area contributed by atoms with Gasteiger partial charge in [-0.2, -0.15) is 0 Å². The van der Waals surface area contributed by atoms with Gasteiger partial charge in [-0.3, -0.25) is 9.59 Å². The van der Waals surface area contributed by atoms with Gasteiger partial charge in [0.05, 0.1) is 6.61 Å². The number of likely N-dealkylation sites (tertiary alicyclic amines) is 1. The number of aryl methyl sites for hydroxylation is 1. The van der Waals surface area contributed by atoms with Crippen molar-refractivity contribution in [3.05, 3.63) is 64.1 Å². The van der Waals surface area contributed by atoms with Crippen LogP contribution in [-0.4, -0.2) is 43.0 Å². The van der Waals surface area contributed by atoms with Gasteiger partial charge in [-0.15, -0.1) is 0 Å². The van der Waals surface area contributed by atoms with Gasteiger partial charge in [-0.25, -0.2) is 0 Å². The summed E-state index contributed by atoms with van der Waals surface area (Å²) in [5.74, 6) is 1.01. The molecule has 160 valence electrons. The summed E-state index contributed by atoms with van der Waals surface area (Å²) in [5.41, 5.74) is 1.91. The average Bonchev–Trinajstić information content (AvgIpc) is 2.77. The molecule has 2 amide bonds. The first-order valence-corrected chi connectivity index (χ1v) is 11.3. The molecule has 1 saturated heterocycles. The molecule has 2 aromatic rings. The monoisotopic (exact) mass is 472 g/mol. The molecule has 1 aliphatic heterocycles. The maximum atomic E-state index is 12.6. The highest BCUT2D eigenvalue weighted by molar-refractivity contribution is 9.10. The molecule has 0 bridgehead atoms. The normalized spacial score (nSPS) is 14.4. The minimum absolute atomic E-state index is 0.0113. The Balaban J connectivity index is 1.30. The summed E-state index contributed by atoms with van der Waals surface area (Å²) in [6.07, 6.45) is 3.21. The van der Waals surface area contributed by atoms with Crippen molar-refractivity contribution >= 4 is 27.7 Å². The standard InChI is InChI=1S/C24H29BrN2O3/c1-18-4-10-22(11-5-18)30-17-3-2-14-26-23(28)19-12-15-27(16-13-19)24(29)20-6-8-21(25)9-7-20/h4-11,19H,2-3,12-17H2,1H3,(H,26,28). The number of nitrogens with one attached hydrogen (secondary N) is 1. The summed E-state index contributed by atoms with van der Waals surface area (Å²) in [5, 5.41) is 3.04. The van der Waals surface area contributed by atoms with Gasteiger partial charge < -0.3 is 15.0 Å². The predicted molar refractivity (Wildman–Crippen MR) is 122 cm³/mol. The molecule has 0 spiro atoms. The summed E-state index contributed by atoms with van der Waals surface area (Å²) in [6.45, 7) is 4.61. The van der Waals surface area contributed by atoms with E-state index in [1.165, 1.54) is 5.56 Å². The van der Waals surface area contributed by atoms with Crippen molar-refractivity contribution in [3.8, 4) is 5.75 Å². The Hall–Kier alpha value is -2.34. The van der Waals surface area contributed by atoms with E-state index < -0.39 is 0 Å². The average molecular weight is 473 g/mol. The van der Waals surface area contributed by atoms with Crippen LogP contribution in [0.25, 0.3) is 0 Å². The Morgan fingerprint density at radius 2 is 1.70 bits per heavy atom. The lowest BCUT2D eigenvalue weighted by atomic mass is 9.95. The van der Waals surface area contributed by atoms with Crippen LogP contribution in [0.5, 0.6) is 5.75 Å². The zero-order valence-electron chi connectivity index (χ0n) is 17.4. The molecule has 3 rings (SSSR count). The first-order chi connectivity index (χ1) is 14.5. The van der Waals surface area contributed by atoms with Crippen LogP contribution in [0.15, 0.2) is 53.0 Å². The fourth-order valence-electron chi connectivity index (χ4n) is 3.53. The number of carbonyl (C=O) groups is 2. The van der Waals surface area contributed by atoms with Crippen molar-refractivity contribution in [2.75, 3.05) is 26.2 Å². The molecule has 2 aromatic carbocycles. The molecule has 0 radical (unpaired) electrons. The Labute approximate surface area is 186 Å². The van der Waals surface area contributed by atoms with E-state index in [1.54, 1.807) is 0 Å². The number of nitrogens with zero attached hydrogens (tertiary/aromatic N) is 1. The molecule has 0 atom stereocenters. The van der Waals surface area contributed by atoms with Gasteiger partial charge in [0, 0.05) is 35.6 Å². The van der Waals surface area contributed by atoms with Gasteiger partial charge in [0.1, 0.15) is 5.75 Å². The van der Waals surface area contributed by atoms with E-state index in [2.05, 4.69) is 28.2 Å². The van der Waals surface area contributed by atoms with Gasteiger partial charge in [0.25, 0.3) is 5.91 Å². The SMILES string of the molecule is Cc1ccc(OCCCCNC(=O)C2CCN(C(=O)c3ccc(Br)cc3)CC2)cc1. The first kappa shape index (κ1) is 22.3. The maximum Gasteiger partial charge on any atom is 0.253 e. The highest BCUT2D eigenvalue weighted by Crippen LogP contribution is 2.20. The molecule has 1 heterocycles. The molecule has 0 aromatic heterocycles. The topological polar surface area (TPSA) is 58.6 Å². The Kier molecular flexibility index (Phi) is 8.31. The van der Waals surface area contributed by atoms with Crippen molar-refractivity contribution in [1.29, 1.82) is 0 Å². The van der Waals surface area contributed by atoms with Gasteiger partial charge in [0.2, 0.25) is 5.91 Å². The van der Waals surface area contributed by atoms with Crippen molar-refractivity contribution in [1.82, 2.24) is 10.2 Å². The second-order valence-corrected chi connectivity index (χ2v) is 8.65. The molecule has 1 aliphatic rings. The summed E-state index contributed by atoms with van der Waals surface area (Å²) in [7, 11) is 0. The number of amides is 2. The number of halogens is 1. The Bertz CT molecular complexity index is 829. The number of unbranched alkanes of at least 4 members (excludes halogenated alkanes) is 1. The van der Waals surface area contributed by atoms with Crippen molar-refractivity contribution in [2.45, 2.75) is 32.6 Å². The zero-order chi connectivity index (χ0) is 21.3. The number of ether oxygens (including phenoxy) is 1. The van der Waals surface area contributed by atoms with E-state index in [0.29, 0.717) is 44.6 Å². The third kappa shape index (κ3) is 6.59. The van der Waals surface area contributed by atoms with Gasteiger partial charge in [-0.05, 0) is 69.0 Å². The lowest BCUT2D eigenvalue weighted by molar-refractivity contribution is -0.126. The third-order valence-electron chi connectivity index (χ3n) is 5.40. The van der Waals surface area contributed by atoms with Crippen LogP contribution in [0.2, 0.25) is 0 Å². The van der Waals surface area contributed by atoms with E-state index in [4.69, 9.17) is 4.74 Å². The van der Waals surface area contributed by atoms with E-state index in [0.717, 1.165) is 23.1 Å². The fraction of sp³-hybridized carbons (Fsp3) is 0.417. The van der Waals surface area contributed by atoms with Crippen LogP contribution >= 0.6 is 15.9 Å². The van der Waals surface area contributed by atoms with Crippen molar-refractivity contribution in [3.63, 3.8) is 0 Å². The van der Waals surface area contributed by atoms with Gasteiger partial charge in [0.15, 0.2) is 0 Å². The number of hydrogen-bond acceptors (Lipinski definition) is 3. The van der Waals surface area contributed by atoms with Crippen LogP contribution < -0.4 is 10.1 Å². The van der Waals surface area contributed by atoms with E-state index >= 15 is 0 Å². The summed E-state index contributed by atoms with van der Waals surface area (Å²) >= 11 is 3.39. The second kappa shape index (κ2) is 11.2. The number of rotatable bonds is 8. The van der Waals surface area contributed by atoms with Gasteiger partial charge in [-0.1, -0.05) is 33.6 Å². The number of hydrogen-bond donors (Lipinski definition) is 1. The van der Waals surface area contributed by atoms with Crippen LogP contribution in [-0.2, 0) is 4.79 Å². The van der Waals surface area contributed by atoms with Crippen LogP contribution in [0.3, 0.4) is 0 Å². The van der Waals surface area contributed by atoms with E-state index in [9.17, 15) is 9.59 Å². The minimum Gasteiger partial charge on any atom is -0.494 e. The van der Waals surface area contributed by atoms with Crippen molar-refractivity contribution in [2.24, 2.45) is 5.92 Å². The lowest BCUT2D eigenvalue weighted by Crippen LogP contribution is -2.43. The molecule has 0 saturated carbocycles. The molecule has 30 heavy (non-hydrogen) atoms. The van der Waals surface area contributed by atoms with Crippen LogP contribution in [0, 0.1) is 12.8 Å². The molecule has 1 fully saturated rings. The molecular formula is C24H29BrN2O3. The largest absolute Gasteiger partial charge is 0.494 e. The third-order valence-corrected chi connectivity index (χ3v) is 5.93. The molecule has 0 aliphatic carbocycles. The molecular weight excluding hydrogens is 444 g/mol. The number of piperidine rings is 1. The lowest BCUT2D eigenvalue weighted by Gasteiger charge is -2.31. The van der Waals surface area contributed by atoms with Crippen molar-refractivity contribution < 1.29 is 14.3 Å². The summed E-state index contributed by atoms with van der Waals surface area (Å²) in [6, 6.07) is 15.4. The number of benzene rings is 2. The molecule has 1 N–H and O–H groups in total. The predicted octanol–water partition coefficient (Wildman–Crippen LogP) is 4.59. The first-order valence-electron chi connectivity index (χ1n) is 10.5. The smallest absolute Gasteiger partial charge is 0.253 e. The Morgan fingerprint density at radius 3 is 2.37 bits per heavy atom. The molecule has 0 unspecified atom stereocenters. The summed E-state index contributed by atoms with van der Waals surface area (Å²) in [4.78, 5) is 26.8. The van der Waals surface area contributed by atoms with E-state index in [1.807, 2.05) is 53.4 Å². The molecule has 5 nitrogen and oxygen atoms in total. The second-order valence-electron chi connectivity index (χ2n) is 7.73. The fourth-order valence-corrected chi connectivity index (χ4v) is 3.79. The molecule has 6 heteroatoms. The Morgan fingerprint density at radius 1 is 1.03 bits per heavy atom. The van der Waals surface area contributed by atoms with Gasteiger partial charge >= 0.3 is 0 Å². The maximum absolute atomic E-state index is 12.6. The quantitative estimate of drug-likeness (QED) is 0.571.